The van der Waals surface area contributed by atoms with Gasteiger partial charge < -0.3 is 21.5 Å². The highest BCUT2D eigenvalue weighted by Crippen LogP contribution is 2.20. The zero-order chi connectivity index (χ0) is 14.6. The molecule has 120 valence electrons. The summed E-state index contributed by atoms with van der Waals surface area (Å²) < 4.78 is 26.5. The Hall–Kier alpha value is -0.430. The molecular formula is C15H25BrN2O2S. The van der Waals surface area contributed by atoms with E-state index in [1.807, 2.05) is 6.07 Å². The first kappa shape index (κ1) is 18.6. The van der Waals surface area contributed by atoms with Crippen molar-refractivity contribution < 1.29 is 29.9 Å². The highest BCUT2D eigenvalue weighted by Gasteiger charge is 2.35. The number of quaternary nitrogens is 1. The highest BCUT2D eigenvalue weighted by atomic mass is 79.9. The van der Waals surface area contributed by atoms with Crippen molar-refractivity contribution in [1.82, 2.24) is 4.31 Å². The average molecular weight is 377 g/mol. The van der Waals surface area contributed by atoms with Crippen LogP contribution in [0.4, 0.5) is 0 Å². The SMILES string of the molecule is CC[N+]1(Cc2ccccc2)CCN(S(=O)(=O)CC)CC1.[Br-]. The van der Waals surface area contributed by atoms with Gasteiger partial charge in [0.05, 0.1) is 38.5 Å². The fourth-order valence-corrected chi connectivity index (χ4v) is 3.97. The second-order valence-electron chi connectivity index (χ2n) is 5.55. The molecule has 0 saturated carbocycles. The first-order chi connectivity index (χ1) is 9.51. The largest absolute Gasteiger partial charge is 1.00 e. The third kappa shape index (κ3) is 4.52. The van der Waals surface area contributed by atoms with Crippen LogP contribution in [0.5, 0.6) is 0 Å². The maximum Gasteiger partial charge on any atom is 0.214 e. The fraction of sp³-hybridized carbons (Fsp3) is 0.600. The highest BCUT2D eigenvalue weighted by molar-refractivity contribution is 7.89. The van der Waals surface area contributed by atoms with Gasteiger partial charge in [-0.1, -0.05) is 30.3 Å². The van der Waals surface area contributed by atoms with E-state index in [9.17, 15) is 8.42 Å². The fourth-order valence-electron chi connectivity index (χ4n) is 2.89. The summed E-state index contributed by atoms with van der Waals surface area (Å²) in [6.07, 6.45) is 0. The van der Waals surface area contributed by atoms with Gasteiger partial charge in [-0.25, -0.2) is 8.42 Å². The Labute approximate surface area is 139 Å². The molecule has 0 N–H and O–H groups in total. The number of benzene rings is 1. The van der Waals surface area contributed by atoms with Crippen molar-refractivity contribution in [2.75, 3.05) is 38.5 Å². The molecule has 0 amide bonds. The first-order valence-electron chi connectivity index (χ1n) is 7.38. The average Bonchev–Trinajstić information content (AvgIpc) is 2.49. The van der Waals surface area contributed by atoms with Crippen LogP contribution in [-0.4, -0.2) is 55.7 Å². The van der Waals surface area contributed by atoms with Crippen molar-refractivity contribution in [3.63, 3.8) is 0 Å². The molecule has 1 aliphatic heterocycles. The second kappa shape index (κ2) is 7.72. The van der Waals surface area contributed by atoms with Crippen molar-refractivity contribution in [3.05, 3.63) is 35.9 Å². The Morgan fingerprint density at radius 2 is 1.67 bits per heavy atom. The lowest BCUT2D eigenvalue weighted by Crippen LogP contribution is -3.00. The summed E-state index contributed by atoms with van der Waals surface area (Å²) in [7, 11) is -3.03. The number of halogens is 1. The number of sulfonamides is 1. The van der Waals surface area contributed by atoms with E-state index < -0.39 is 10.0 Å². The van der Waals surface area contributed by atoms with Gasteiger partial charge in [0.15, 0.2) is 0 Å². The molecule has 0 aromatic heterocycles. The second-order valence-corrected chi connectivity index (χ2v) is 7.81. The van der Waals surface area contributed by atoms with Crippen molar-refractivity contribution in [2.24, 2.45) is 0 Å². The lowest BCUT2D eigenvalue weighted by molar-refractivity contribution is -0.942. The van der Waals surface area contributed by atoms with Gasteiger partial charge in [0, 0.05) is 5.56 Å². The zero-order valence-electron chi connectivity index (χ0n) is 12.8. The summed E-state index contributed by atoms with van der Waals surface area (Å²) in [5.41, 5.74) is 1.33. The van der Waals surface area contributed by atoms with E-state index in [-0.39, 0.29) is 22.7 Å². The maximum absolute atomic E-state index is 11.9. The van der Waals surface area contributed by atoms with Crippen LogP contribution in [0.3, 0.4) is 0 Å². The van der Waals surface area contributed by atoms with E-state index >= 15 is 0 Å². The third-order valence-electron chi connectivity index (χ3n) is 4.44. The van der Waals surface area contributed by atoms with Crippen LogP contribution in [0.25, 0.3) is 0 Å². The molecule has 21 heavy (non-hydrogen) atoms. The van der Waals surface area contributed by atoms with E-state index in [2.05, 4.69) is 31.2 Å². The number of piperazine rings is 1. The third-order valence-corrected chi connectivity index (χ3v) is 6.32. The predicted octanol–water partition coefficient (Wildman–Crippen LogP) is -1.31. The van der Waals surface area contributed by atoms with E-state index in [1.165, 1.54) is 5.56 Å². The Morgan fingerprint density at radius 1 is 1.10 bits per heavy atom. The molecule has 0 atom stereocenters. The number of rotatable bonds is 5. The summed E-state index contributed by atoms with van der Waals surface area (Å²) in [4.78, 5) is 0. The van der Waals surface area contributed by atoms with Crippen LogP contribution in [-0.2, 0) is 16.6 Å². The summed E-state index contributed by atoms with van der Waals surface area (Å²) >= 11 is 0. The van der Waals surface area contributed by atoms with Gasteiger partial charge >= 0.3 is 0 Å². The molecule has 1 fully saturated rings. The van der Waals surface area contributed by atoms with Crippen LogP contribution < -0.4 is 17.0 Å². The molecule has 2 rings (SSSR count). The molecule has 1 heterocycles. The summed E-state index contributed by atoms with van der Waals surface area (Å²) in [6, 6.07) is 10.5. The van der Waals surface area contributed by atoms with Crippen LogP contribution in [0, 0.1) is 0 Å². The van der Waals surface area contributed by atoms with Gasteiger partial charge in [-0.2, -0.15) is 4.31 Å². The number of nitrogens with zero attached hydrogens (tertiary/aromatic N) is 2. The van der Waals surface area contributed by atoms with E-state index in [0.717, 1.165) is 30.7 Å². The van der Waals surface area contributed by atoms with Crippen molar-refractivity contribution >= 4 is 10.0 Å². The molecule has 4 nitrogen and oxygen atoms in total. The standard InChI is InChI=1S/C15H25N2O2S.BrH/c1-3-17(14-15-8-6-5-7-9-15)12-10-16(11-13-17)20(18,19)4-2;/h5-9H,3-4,10-14H2,1-2H3;1H/q+1;/p-1. The topological polar surface area (TPSA) is 37.4 Å². The van der Waals surface area contributed by atoms with E-state index in [4.69, 9.17) is 0 Å². The summed E-state index contributed by atoms with van der Waals surface area (Å²) in [5, 5.41) is 0. The Balaban J connectivity index is 0.00000220. The minimum absolute atomic E-state index is 0. The van der Waals surface area contributed by atoms with E-state index in [1.54, 1.807) is 11.2 Å². The lowest BCUT2D eigenvalue weighted by atomic mass is 10.1. The van der Waals surface area contributed by atoms with Crippen LogP contribution in [0.1, 0.15) is 19.4 Å². The first-order valence-corrected chi connectivity index (χ1v) is 8.99. The molecule has 1 saturated heterocycles. The van der Waals surface area contributed by atoms with Gasteiger partial charge in [0.25, 0.3) is 0 Å². The minimum atomic E-state index is -3.03. The van der Waals surface area contributed by atoms with Gasteiger partial charge in [-0.3, -0.25) is 0 Å². The van der Waals surface area contributed by atoms with E-state index in [0.29, 0.717) is 13.1 Å². The monoisotopic (exact) mass is 376 g/mol. The Morgan fingerprint density at radius 3 is 2.14 bits per heavy atom. The van der Waals surface area contributed by atoms with Crippen molar-refractivity contribution in [2.45, 2.75) is 20.4 Å². The molecule has 0 unspecified atom stereocenters. The molecule has 0 radical (unpaired) electrons. The van der Waals surface area contributed by atoms with Gasteiger partial charge in [0.2, 0.25) is 10.0 Å². The van der Waals surface area contributed by atoms with Crippen LogP contribution in [0.2, 0.25) is 0 Å². The number of likely N-dealkylation sites (N-methyl/N-ethyl adjacent to an activating group) is 1. The smallest absolute Gasteiger partial charge is 0.214 e. The summed E-state index contributed by atoms with van der Waals surface area (Å²) in [6.45, 7) is 9.08. The van der Waals surface area contributed by atoms with Crippen molar-refractivity contribution in [1.29, 1.82) is 0 Å². The number of hydrogen-bond acceptors (Lipinski definition) is 2. The molecule has 1 aromatic carbocycles. The van der Waals surface area contributed by atoms with Gasteiger partial charge in [-0.05, 0) is 13.8 Å². The molecule has 1 aromatic rings. The van der Waals surface area contributed by atoms with Gasteiger partial charge in [0.1, 0.15) is 6.54 Å². The molecular weight excluding hydrogens is 352 g/mol. The van der Waals surface area contributed by atoms with Crippen LogP contribution in [0.15, 0.2) is 30.3 Å². The normalized spacial score (nSPS) is 19.0. The molecule has 0 aliphatic carbocycles. The molecule has 6 heteroatoms. The number of hydrogen-bond donors (Lipinski definition) is 0. The van der Waals surface area contributed by atoms with Gasteiger partial charge in [-0.15, -0.1) is 0 Å². The van der Waals surface area contributed by atoms with Crippen LogP contribution >= 0.6 is 0 Å². The molecule has 0 bridgehead atoms. The quantitative estimate of drug-likeness (QED) is 0.598. The Kier molecular flexibility index (Phi) is 6.84. The zero-order valence-corrected chi connectivity index (χ0v) is 15.2. The Bertz CT molecular complexity index is 526. The molecule has 0 spiro atoms. The minimum Gasteiger partial charge on any atom is -1.00 e. The predicted molar refractivity (Wildman–Crippen MR) is 81.7 cm³/mol. The maximum atomic E-state index is 11.9. The summed E-state index contributed by atoms with van der Waals surface area (Å²) in [5.74, 6) is 0.206. The van der Waals surface area contributed by atoms with Crippen molar-refractivity contribution in [3.8, 4) is 0 Å². The molecule has 1 aliphatic rings. The lowest BCUT2D eigenvalue weighted by Gasteiger charge is -2.44.